The van der Waals surface area contributed by atoms with Gasteiger partial charge in [0, 0.05) is 17.3 Å². The van der Waals surface area contributed by atoms with Gasteiger partial charge in [-0.25, -0.2) is 18.4 Å². The molecule has 0 bridgehead atoms. The second kappa shape index (κ2) is 8.13. The molecule has 0 fully saturated rings. The molecule has 0 spiro atoms. The summed E-state index contributed by atoms with van der Waals surface area (Å²) < 4.78 is 29.4. The van der Waals surface area contributed by atoms with Crippen molar-refractivity contribution >= 4 is 11.3 Å². The Balaban J connectivity index is 1.65. The van der Waals surface area contributed by atoms with E-state index in [0.717, 1.165) is 32.8 Å². The first-order chi connectivity index (χ1) is 15.5. The predicted molar refractivity (Wildman–Crippen MR) is 125 cm³/mol. The molecule has 6 heteroatoms. The minimum absolute atomic E-state index is 0.293. The van der Waals surface area contributed by atoms with Gasteiger partial charge in [0.05, 0.1) is 16.3 Å². The highest BCUT2D eigenvalue weighted by Crippen LogP contribution is 2.39. The maximum atomic E-state index is 14.0. The van der Waals surface area contributed by atoms with Crippen LogP contribution in [-0.2, 0) is 0 Å². The van der Waals surface area contributed by atoms with Gasteiger partial charge in [-0.2, -0.15) is 5.10 Å². The third-order valence-electron chi connectivity index (χ3n) is 5.26. The van der Waals surface area contributed by atoms with E-state index in [1.54, 1.807) is 16.8 Å². The zero-order valence-electron chi connectivity index (χ0n) is 17.5. The fourth-order valence-corrected chi connectivity index (χ4v) is 4.66. The number of benzene rings is 3. The van der Waals surface area contributed by atoms with Crippen molar-refractivity contribution in [2.75, 3.05) is 0 Å². The summed E-state index contributed by atoms with van der Waals surface area (Å²) in [6, 6.07) is 21.1. The molecule has 0 saturated heterocycles. The van der Waals surface area contributed by atoms with Gasteiger partial charge in [0.2, 0.25) is 5.13 Å². The van der Waals surface area contributed by atoms with Gasteiger partial charge in [0.25, 0.3) is 0 Å². The fourth-order valence-electron chi connectivity index (χ4n) is 3.64. The van der Waals surface area contributed by atoms with Crippen molar-refractivity contribution in [2.45, 2.75) is 13.8 Å². The first-order valence-electron chi connectivity index (χ1n) is 10.1. The molecule has 158 valence electrons. The number of hydrogen-bond acceptors (Lipinski definition) is 3. The van der Waals surface area contributed by atoms with Crippen LogP contribution in [0.25, 0.3) is 38.0 Å². The second-order valence-corrected chi connectivity index (χ2v) is 8.61. The van der Waals surface area contributed by atoms with Crippen LogP contribution in [0.2, 0.25) is 0 Å². The van der Waals surface area contributed by atoms with Crippen molar-refractivity contribution in [3.8, 4) is 38.0 Å². The number of nitrogens with zero attached hydrogens (tertiary/aromatic N) is 3. The Morgan fingerprint density at radius 1 is 0.781 bits per heavy atom. The number of aromatic nitrogens is 3. The van der Waals surface area contributed by atoms with Gasteiger partial charge in [-0.15, -0.1) is 0 Å². The third kappa shape index (κ3) is 3.85. The maximum Gasteiger partial charge on any atom is 0.211 e. The lowest BCUT2D eigenvalue weighted by molar-refractivity contribution is 0.628. The SMILES string of the molecule is Cc1ccc(-c2sc(-n3cc(-c4cccc(F)c4)c(C)n3)nc2-c2cccc(F)c2)cc1. The quantitative estimate of drug-likeness (QED) is 0.293. The number of thiazole rings is 1. The molecule has 0 saturated carbocycles. The van der Waals surface area contributed by atoms with Crippen molar-refractivity contribution in [2.24, 2.45) is 0 Å². The molecule has 0 radical (unpaired) electrons. The first-order valence-corrected chi connectivity index (χ1v) is 11.0. The number of aryl methyl sites for hydroxylation is 2. The van der Waals surface area contributed by atoms with Crippen molar-refractivity contribution in [3.05, 3.63) is 102 Å². The van der Waals surface area contributed by atoms with E-state index in [0.29, 0.717) is 16.4 Å². The Morgan fingerprint density at radius 2 is 1.44 bits per heavy atom. The normalized spacial score (nSPS) is 11.1. The van der Waals surface area contributed by atoms with E-state index < -0.39 is 0 Å². The lowest BCUT2D eigenvalue weighted by atomic mass is 10.1. The zero-order chi connectivity index (χ0) is 22.2. The zero-order valence-corrected chi connectivity index (χ0v) is 18.3. The summed E-state index contributed by atoms with van der Waals surface area (Å²) in [5.41, 5.74) is 5.94. The molecule has 2 aromatic heterocycles. The molecule has 3 aromatic carbocycles. The Morgan fingerprint density at radius 3 is 2.12 bits per heavy atom. The maximum absolute atomic E-state index is 14.0. The summed E-state index contributed by atoms with van der Waals surface area (Å²) in [5.74, 6) is -0.603. The minimum atomic E-state index is -0.310. The van der Waals surface area contributed by atoms with E-state index in [-0.39, 0.29) is 11.6 Å². The molecule has 0 N–H and O–H groups in total. The molecule has 2 heterocycles. The molecule has 5 rings (SSSR count). The van der Waals surface area contributed by atoms with Crippen molar-refractivity contribution < 1.29 is 8.78 Å². The number of rotatable bonds is 4. The molecule has 3 nitrogen and oxygen atoms in total. The van der Waals surface area contributed by atoms with E-state index in [1.165, 1.54) is 35.6 Å². The van der Waals surface area contributed by atoms with Crippen molar-refractivity contribution in [1.29, 1.82) is 0 Å². The molecule has 0 unspecified atom stereocenters. The van der Waals surface area contributed by atoms with E-state index in [2.05, 4.69) is 5.10 Å². The molecular formula is C26H19F2N3S. The summed E-state index contributed by atoms with van der Waals surface area (Å²) >= 11 is 1.49. The van der Waals surface area contributed by atoms with Gasteiger partial charge in [-0.3, -0.25) is 0 Å². The standard InChI is InChI=1S/C26H19F2N3S/c1-16-9-11-18(12-10-16)25-24(20-6-4-8-22(28)14-20)29-26(32-25)31-15-23(17(2)30-31)19-5-3-7-21(27)13-19/h3-15H,1-2H3. The van der Waals surface area contributed by atoms with Gasteiger partial charge < -0.3 is 0 Å². The molecule has 0 amide bonds. The number of hydrogen-bond donors (Lipinski definition) is 0. The van der Waals surface area contributed by atoms with E-state index in [4.69, 9.17) is 4.98 Å². The van der Waals surface area contributed by atoms with Crippen molar-refractivity contribution in [3.63, 3.8) is 0 Å². The van der Waals surface area contributed by atoms with Gasteiger partial charge >= 0.3 is 0 Å². The van der Waals surface area contributed by atoms with Crippen LogP contribution in [0.1, 0.15) is 11.3 Å². The van der Waals surface area contributed by atoms with E-state index in [9.17, 15) is 8.78 Å². The average Bonchev–Trinajstić information content (AvgIpc) is 3.38. The van der Waals surface area contributed by atoms with Gasteiger partial charge in [-0.05, 0) is 49.2 Å². The van der Waals surface area contributed by atoms with E-state index in [1.807, 2.05) is 56.4 Å². The highest BCUT2D eigenvalue weighted by molar-refractivity contribution is 7.18. The van der Waals surface area contributed by atoms with Crippen LogP contribution in [0.15, 0.2) is 79.0 Å². The molecule has 0 aliphatic rings. The predicted octanol–water partition coefficient (Wildman–Crippen LogP) is 7.22. The van der Waals surface area contributed by atoms with Gasteiger partial charge in [0.15, 0.2) is 0 Å². The Bertz CT molecular complexity index is 1420. The topological polar surface area (TPSA) is 30.7 Å². The lowest BCUT2D eigenvalue weighted by Gasteiger charge is -2.03. The summed E-state index contributed by atoms with van der Waals surface area (Å²) in [6.45, 7) is 3.93. The molecule has 0 aliphatic heterocycles. The highest BCUT2D eigenvalue weighted by Gasteiger charge is 2.18. The summed E-state index contributed by atoms with van der Waals surface area (Å²) in [6.07, 6.45) is 1.86. The second-order valence-electron chi connectivity index (χ2n) is 7.63. The third-order valence-corrected chi connectivity index (χ3v) is 6.35. The molecule has 0 aliphatic carbocycles. The summed E-state index contributed by atoms with van der Waals surface area (Å²) in [7, 11) is 0. The fraction of sp³-hybridized carbons (Fsp3) is 0.0769. The Hall–Kier alpha value is -3.64. The van der Waals surface area contributed by atoms with Gasteiger partial charge in [-0.1, -0.05) is 65.4 Å². The smallest absolute Gasteiger partial charge is 0.211 e. The first kappa shape index (κ1) is 20.3. The summed E-state index contributed by atoms with van der Waals surface area (Å²) in [4.78, 5) is 5.77. The van der Waals surface area contributed by atoms with Crippen LogP contribution >= 0.6 is 11.3 Å². The monoisotopic (exact) mass is 443 g/mol. The number of halogens is 2. The molecule has 0 atom stereocenters. The Kier molecular flexibility index (Phi) is 5.15. The average molecular weight is 444 g/mol. The van der Waals surface area contributed by atoms with Crippen molar-refractivity contribution in [1.82, 2.24) is 14.8 Å². The van der Waals surface area contributed by atoms with Crippen LogP contribution < -0.4 is 0 Å². The van der Waals surface area contributed by atoms with E-state index >= 15 is 0 Å². The Labute approximate surface area is 188 Å². The summed E-state index contributed by atoms with van der Waals surface area (Å²) in [5, 5.41) is 5.29. The minimum Gasteiger partial charge on any atom is -0.218 e. The van der Waals surface area contributed by atoms with Crippen LogP contribution in [-0.4, -0.2) is 14.8 Å². The highest BCUT2D eigenvalue weighted by atomic mass is 32.1. The molecular weight excluding hydrogens is 424 g/mol. The molecule has 5 aromatic rings. The van der Waals surface area contributed by atoms with Crippen LogP contribution in [0.3, 0.4) is 0 Å². The molecule has 32 heavy (non-hydrogen) atoms. The largest absolute Gasteiger partial charge is 0.218 e. The lowest BCUT2D eigenvalue weighted by Crippen LogP contribution is -1.94. The van der Waals surface area contributed by atoms with Crippen LogP contribution in [0, 0.1) is 25.5 Å². The van der Waals surface area contributed by atoms with Gasteiger partial charge in [0.1, 0.15) is 11.6 Å². The van der Waals surface area contributed by atoms with Crippen LogP contribution in [0.4, 0.5) is 8.78 Å². The van der Waals surface area contributed by atoms with Crippen LogP contribution in [0.5, 0.6) is 0 Å².